The van der Waals surface area contributed by atoms with Crippen LogP contribution in [0.1, 0.15) is 29.2 Å². The molecule has 3 rings (SSSR count). The number of nitro benzene ring substituents is 1. The van der Waals surface area contributed by atoms with Gasteiger partial charge in [0, 0.05) is 31.5 Å². The number of hydrogen-bond donors (Lipinski definition) is 0. The zero-order chi connectivity index (χ0) is 17.1. The SMILES string of the molecule is COC(=O)c1ccc([N+](=O)[O-])c(N2CCC[C@H](n3cccn3)C2)c1. The number of nitro groups is 1. The second-order valence-corrected chi connectivity index (χ2v) is 5.68. The van der Waals surface area contributed by atoms with Crippen molar-refractivity contribution in [2.45, 2.75) is 18.9 Å². The number of ether oxygens (including phenoxy) is 1. The summed E-state index contributed by atoms with van der Waals surface area (Å²) in [5, 5.41) is 15.6. The van der Waals surface area contributed by atoms with Gasteiger partial charge in [0.25, 0.3) is 5.69 Å². The highest BCUT2D eigenvalue weighted by atomic mass is 16.6. The minimum absolute atomic E-state index is 0.0104. The van der Waals surface area contributed by atoms with Crippen molar-refractivity contribution in [3.05, 3.63) is 52.3 Å². The summed E-state index contributed by atoms with van der Waals surface area (Å²) in [5.41, 5.74) is 0.739. The largest absolute Gasteiger partial charge is 0.465 e. The summed E-state index contributed by atoms with van der Waals surface area (Å²) in [5.74, 6) is -0.508. The van der Waals surface area contributed by atoms with E-state index >= 15 is 0 Å². The van der Waals surface area contributed by atoms with Crippen LogP contribution < -0.4 is 4.90 Å². The van der Waals surface area contributed by atoms with Gasteiger partial charge < -0.3 is 9.64 Å². The van der Waals surface area contributed by atoms with Gasteiger partial charge in [0.1, 0.15) is 5.69 Å². The molecule has 0 bridgehead atoms. The molecule has 1 aliphatic heterocycles. The number of hydrogen-bond acceptors (Lipinski definition) is 6. The minimum Gasteiger partial charge on any atom is -0.465 e. The quantitative estimate of drug-likeness (QED) is 0.486. The molecule has 0 unspecified atom stereocenters. The van der Waals surface area contributed by atoms with E-state index in [1.54, 1.807) is 6.20 Å². The molecule has 0 aliphatic carbocycles. The highest BCUT2D eigenvalue weighted by Gasteiger charge is 2.27. The number of anilines is 1. The Labute approximate surface area is 138 Å². The molecule has 2 aromatic rings. The number of carbonyl (C=O) groups excluding carboxylic acids is 1. The first-order valence-corrected chi connectivity index (χ1v) is 7.71. The number of aromatic nitrogens is 2. The molecule has 1 fully saturated rings. The molecule has 0 radical (unpaired) electrons. The van der Waals surface area contributed by atoms with Crippen molar-refractivity contribution in [3.8, 4) is 0 Å². The lowest BCUT2D eigenvalue weighted by Gasteiger charge is -2.34. The molecule has 24 heavy (non-hydrogen) atoms. The molecular weight excluding hydrogens is 312 g/mol. The average Bonchev–Trinajstić information content (AvgIpc) is 3.15. The van der Waals surface area contributed by atoms with Crippen molar-refractivity contribution in [2.75, 3.05) is 25.1 Å². The molecule has 1 atom stereocenters. The standard InChI is InChI=1S/C16H18N4O4/c1-24-16(21)12-5-6-14(20(22)23)15(10-12)18-8-2-4-13(11-18)19-9-3-7-17-19/h3,5-7,9-10,13H,2,4,8,11H2,1H3/t13-/m0/s1. The van der Waals surface area contributed by atoms with Gasteiger partial charge in [-0.05, 0) is 31.0 Å². The third kappa shape index (κ3) is 3.08. The highest BCUT2D eigenvalue weighted by Crippen LogP contribution is 2.33. The van der Waals surface area contributed by atoms with Crippen LogP contribution in [-0.2, 0) is 4.74 Å². The van der Waals surface area contributed by atoms with Crippen LogP contribution in [0.2, 0.25) is 0 Å². The predicted molar refractivity (Wildman–Crippen MR) is 87.1 cm³/mol. The zero-order valence-corrected chi connectivity index (χ0v) is 13.3. The van der Waals surface area contributed by atoms with Gasteiger partial charge in [0.2, 0.25) is 0 Å². The Morgan fingerprint density at radius 1 is 1.46 bits per heavy atom. The molecule has 8 heteroatoms. The van der Waals surface area contributed by atoms with E-state index in [9.17, 15) is 14.9 Å². The lowest BCUT2D eigenvalue weighted by Crippen LogP contribution is -2.37. The van der Waals surface area contributed by atoms with Crippen molar-refractivity contribution >= 4 is 17.3 Å². The maximum absolute atomic E-state index is 11.8. The molecule has 0 spiro atoms. The monoisotopic (exact) mass is 330 g/mol. The Bertz CT molecular complexity index is 745. The van der Waals surface area contributed by atoms with Gasteiger partial charge in [-0.15, -0.1) is 0 Å². The third-order valence-electron chi connectivity index (χ3n) is 4.23. The van der Waals surface area contributed by atoms with Crippen molar-refractivity contribution in [1.29, 1.82) is 0 Å². The zero-order valence-electron chi connectivity index (χ0n) is 13.3. The average molecular weight is 330 g/mol. The summed E-state index contributed by atoms with van der Waals surface area (Å²) in [6.07, 6.45) is 5.47. The summed E-state index contributed by atoms with van der Waals surface area (Å²) in [4.78, 5) is 24.6. The molecule has 1 aromatic carbocycles. The van der Waals surface area contributed by atoms with Crippen LogP contribution in [0.5, 0.6) is 0 Å². The summed E-state index contributed by atoms with van der Waals surface area (Å²) in [6.45, 7) is 1.30. The molecule has 1 aromatic heterocycles. The van der Waals surface area contributed by atoms with E-state index in [1.807, 2.05) is 21.8 Å². The summed E-state index contributed by atoms with van der Waals surface area (Å²) >= 11 is 0. The third-order valence-corrected chi connectivity index (χ3v) is 4.23. The molecule has 0 amide bonds. The van der Waals surface area contributed by atoms with Crippen molar-refractivity contribution in [3.63, 3.8) is 0 Å². The number of benzene rings is 1. The Kier molecular flexibility index (Phi) is 4.45. The Morgan fingerprint density at radius 3 is 2.96 bits per heavy atom. The number of rotatable bonds is 4. The van der Waals surface area contributed by atoms with Crippen molar-refractivity contribution in [2.24, 2.45) is 0 Å². The van der Waals surface area contributed by atoms with E-state index in [1.165, 1.54) is 25.3 Å². The van der Waals surface area contributed by atoms with Crippen LogP contribution in [0.4, 0.5) is 11.4 Å². The molecule has 1 saturated heterocycles. The van der Waals surface area contributed by atoms with Crippen LogP contribution in [0.25, 0.3) is 0 Å². The number of nitrogens with zero attached hydrogens (tertiary/aromatic N) is 4. The molecule has 126 valence electrons. The summed E-state index contributed by atoms with van der Waals surface area (Å²) in [7, 11) is 1.29. The van der Waals surface area contributed by atoms with Gasteiger partial charge in [-0.3, -0.25) is 14.8 Å². The van der Waals surface area contributed by atoms with E-state index in [4.69, 9.17) is 4.74 Å². The van der Waals surface area contributed by atoms with Crippen LogP contribution in [0.15, 0.2) is 36.7 Å². The van der Waals surface area contributed by atoms with E-state index in [0.29, 0.717) is 24.3 Å². The smallest absolute Gasteiger partial charge is 0.337 e. The number of esters is 1. The molecule has 1 aliphatic rings. The fraction of sp³-hybridized carbons (Fsp3) is 0.375. The second kappa shape index (κ2) is 6.69. The maximum atomic E-state index is 11.8. The van der Waals surface area contributed by atoms with E-state index in [2.05, 4.69) is 5.10 Å². The van der Waals surface area contributed by atoms with E-state index in [0.717, 1.165) is 12.8 Å². The maximum Gasteiger partial charge on any atom is 0.337 e. The van der Waals surface area contributed by atoms with Gasteiger partial charge in [0.05, 0.1) is 23.6 Å². The lowest BCUT2D eigenvalue weighted by molar-refractivity contribution is -0.384. The van der Waals surface area contributed by atoms with Gasteiger partial charge >= 0.3 is 5.97 Å². The summed E-state index contributed by atoms with van der Waals surface area (Å²) < 4.78 is 6.59. The molecule has 8 nitrogen and oxygen atoms in total. The van der Waals surface area contributed by atoms with E-state index < -0.39 is 10.9 Å². The highest BCUT2D eigenvalue weighted by molar-refractivity contribution is 5.91. The number of carbonyl (C=O) groups is 1. The number of piperidine rings is 1. The molecule has 2 heterocycles. The van der Waals surface area contributed by atoms with Gasteiger partial charge in [-0.2, -0.15) is 5.10 Å². The van der Waals surface area contributed by atoms with Crippen LogP contribution in [0.3, 0.4) is 0 Å². The summed E-state index contributed by atoms with van der Waals surface area (Å²) in [6, 6.07) is 6.33. The second-order valence-electron chi connectivity index (χ2n) is 5.68. The van der Waals surface area contributed by atoms with Gasteiger partial charge in [-0.25, -0.2) is 4.79 Å². The van der Waals surface area contributed by atoms with Gasteiger partial charge in [0.15, 0.2) is 0 Å². The van der Waals surface area contributed by atoms with Crippen molar-refractivity contribution < 1.29 is 14.5 Å². The Balaban J connectivity index is 1.93. The Hall–Kier alpha value is -2.90. The van der Waals surface area contributed by atoms with Gasteiger partial charge in [-0.1, -0.05) is 0 Å². The fourth-order valence-corrected chi connectivity index (χ4v) is 3.06. The van der Waals surface area contributed by atoms with Crippen molar-refractivity contribution in [1.82, 2.24) is 9.78 Å². The first-order chi connectivity index (χ1) is 11.6. The fourth-order valence-electron chi connectivity index (χ4n) is 3.06. The predicted octanol–water partition coefficient (Wildman–Crippen LogP) is 2.42. The first kappa shape index (κ1) is 16.0. The first-order valence-electron chi connectivity index (χ1n) is 7.71. The van der Waals surface area contributed by atoms with Crippen LogP contribution in [-0.4, -0.2) is 40.9 Å². The normalized spacial score (nSPS) is 17.5. The minimum atomic E-state index is -0.508. The molecular formula is C16H18N4O4. The Morgan fingerprint density at radius 2 is 2.29 bits per heavy atom. The van der Waals surface area contributed by atoms with Crippen LogP contribution >= 0.6 is 0 Å². The lowest BCUT2D eigenvalue weighted by atomic mass is 10.0. The number of methoxy groups -OCH3 is 1. The van der Waals surface area contributed by atoms with E-state index in [-0.39, 0.29) is 11.7 Å². The topological polar surface area (TPSA) is 90.5 Å². The molecule has 0 saturated carbocycles. The van der Waals surface area contributed by atoms with Crippen LogP contribution in [0, 0.1) is 10.1 Å². The molecule has 0 N–H and O–H groups in total.